The van der Waals surface area contributed by atoms with Gasteiger partial charge in [0.05, 0.1) is 11.1 Å². The molecule has 0 spiro atoms. The van der Waals surface area contributed by atoms with Crippen LogP contribution < -0.4 is 10.9 Å². The predicted octanol–water partition coefficient (Wildman–Crippen LogP) is 3.41. The van der Waals surface area contributed by atoms with E-state index >= 15 is 0 Å². The van der Waals surface area contributed by atoms with Gasteiger partial charge in [-0.05, 0) is 48.9 Å². The standard InChI is InChI=1S/C19H18FN3O2S2/c20-12-7-5-11(6-8-12)9-21-15(24)10-26-19-22-17(25)16-13-3-1-2-4-14(13)27-18(16)23-19/h5-8H,1-4,9-10H2,(H,21,24)(H,22,23,25). The number of amides is 1. The van der Waals surface area contributed by atoms with Crippen molar-refractivity contribution >= 4 is 39.2 Å². The Morgan fingerprint density at radius 1 is 1.26 bits per heavy atom. The monoisotopic (exact) mass is 403 g/mol. The molecule has 0 radical (unpaired) electrons. The highest BCUT2D eigenvalue weighted by atomic mass is 32.2. The van der Waals surface area contributed by atoms with E-state index in [1.54, 1.807) is 23.5 Å². The number of benzene rings is 1. The van der Waals surface area contributed by atoms with E-state index in [2.05, 4.69) is 15.3 Å². The molecular formula is C19H18FN3O2S2. The molecule has 0 fully saturated rings. The fourth-order valence-electron chi connectivity index (χ4n) is 3.20. The summed E-state index contributed by atoms with van der Waals surface area (Å²) in [5.74, 6) is -0.320. The van der Waals surface area contributed by atoms with Gasteiger partial charge in [-0.1, -0.05) is 23.9 Å². The molecule has 140 valence electrons. The molecule has 27 heavy (non-hydrogen) atoms. The fraction of sp³-hybridized carbons (Fsp3) is 0.316. The molecule has 1 aliphatic rings. The van der Waals surface area contributed by atoms with Gasteiger partial charge >= 0.3 is 0 Å². The smallest absolute Gasteiger partial charge is 0.260 e. The van der Waals surface area contributed by atoms with Gasteiger partial charge < -0.3 is 10.3 Å². The van der Waals surface area contributed by atoms with Gasteiger partial charge in [-0.3, -0.25) is 9.59 Å². The number of thiophene rings is 1. The Kier molecular flexibility index (Phi) is 5.27. The molecule has 1 amide bonds. The lowest BCUT2D eigenvalue weighted by molar-refractivity contribution is -0.118. The van der Waals surface area contributed by atoms with Crippen LogP contribution in [-0.4, -0.2) is 21.6 Å². The molecule has 4 rings (SSSR count). The van der Waals surface area contributed by atoms with Crippen molar-refractivity contribution in [2.24, 2.45) is 0 Å². The number of aromatic amines is 1. The zero-order chi connectivity index (χ0) is 18.8. The predicted molar refractivity (Wildman–Crippen MR) is 106 cm³/mol. The second-order valence-electron chi connectivity index (χ2n) is 6.45. The summed E-state index contributed by atoms with van der Waals surface area (Å²) in [6.07, 6.45) is 4.24. The van der Waals surface area contributed by atoms with Crippen LogP contribution in [0.15, 0.2) is 34.2 Å². The summed E-state index contributed by atoms with van der Waals surface area (Å²) >= 11 is 2.80. The number of H-pyrrole nitrogens is 1. The first-order valence-electron chi connectivity index (χ1n) is 8.78. The molecule has 5 nitrogen and oxygen atoms in total. The Morgan fingerprint density at radius 3 is 2.85 bits per heavy atom. The Hall–Kier alpha value is -2.19. The minimum atomic E-state index is -0.304. The van der Waals surface area contributed by atoms with Gasteiger partial charge in [-0.2, -0.15) is 0 Å². The third-order valence-corrected chi connectivity index (χ3v) is 6.61. The van der Waals surface area contributed by atoms with Gasteiger partial charge in [-0.15, -0.1) is 11.3 Å². The van der Waals surface area contributed by atoms with E-state index in [1.165, 1.54) is 28.8 Å². The summed E-state index contributed by atoms with van der Waals surface area (Å²) < 4.78 is 12.9. The number of thioether (sulfide) groups is 1. The maximum absolute atomic E-state index is 12.9. The van der Waals surface area contributed by atoms with Crippen LogP contribution in [-0.2, 0) is 24.2 Å². The molecule has 2 N–H and O–H groups in total. The van der Waals surface area contributed by atoms with E-state index in [4.69, 9.17) is 0 Å². The molecule has 2 heterocycles. The van der Waals surface area contributed by atoms with Gasteiger partial charge in [0.2, 0.25) is 5.91 Å². The lowest BCUT2D eigenvalue weighted by Gasteiger charge is -2.09. The number of aryl methyl sites for hydroxylation is 2. The highest BCUT2D eigenvalue weighted by Crippen LogP contribution is 2.34. The van der Waals surface area contributed by atoms with Crippen molar-refractivity contribution in [2.75, 3.05) is 5.75 Å². The van der Waals surface area contributed by atoms with Gasteiger partial charge in [0.15, 0.2) is 5.16 Å². The molecule has 8 heteroatoms. The van der Waals surface area contributed by atoms with E-state index in [-0.39, 0.29) is 23.0 Å². The normalized spacial score (nSPS) is 13.5. The summed E-state index contributed by atoms with van der Waals surface area (Å²) in [6, 6.07) is 5.99. The zero-order valence-electron chi connectivity index (χ0n) is 14.5. The minimum absolute atomic E-state index is 0.117. The summed E-state index contributed by atoms with van der Waals surface area (Å²) in [6.45, 7) is 0.334. The van der Waals surface area contributed by atoms with E-state index < -0.39 is 0 Å². The van der Waals surface area contributed by atoms with Gasteiger partial charge in [-0.25, -0.2) is 9.37 Å². The van der Waals surface area contributed by atoms with Crippen molar-refractivity contribution in [1.82, 2.24) is 15.3 Å². The Labute approximate surface area is 163 Å². The average molecular weight is 404 g/mol. The zero-order valence-corrected chi connectivity index (χ0v) is 16.1. The van der Waals surface area contributed by atoms with Crippen LogP contribution in [0.3, 0.4) is 0 Å². The molecule has 1 aromatic carbocycles. The average Bonchev–Trinajstić information content (AvgIpc) is 3.05. The van der Waals surface area contributed by atoms with Crippen LogP contribution >= 0.6 is 23.1 Å². The van der Waals surface area contributed by atoms with Gasteiger partial charge in [0, 0.05) is 11.4 Å². The number of carbonyl (C=O) groups excluding carboxylic acids is 1. The number of aromatic nitrogens is 2. The van der Waals surface area contributed by atoms with Crippen molar-refractivity contribution in [1.29, 1.82) is 0 Å². The first-order valence-corrected chi connectivity index (χ1v) is 10.6. The van der Waals surface area contributed by atoms with Crippen LogP contribution in [0.2, 0.25) is 0 Å². The summed E-state index contributed by atoms with van der Waals surface area (Å²) in [5, 5.41) is 3.96. The lowest BCUT2D eigenvalue weighted by Crippen LogP contribution is -2.24. The van der Waals surface area contributed by atoms with Crippen LogP contribution in [0, 0.1) is 5.82 Å². The number of nitrogens with one attached hydrogen (secondary N) is 2. The Balaban J connectivity index is 1.40. The number of hydrogen-bond acceptors (Lipinski definition) is 5. The van der Waals surface area contributed by atoms with Crippen LogP contribution in [0.25, 0.3) is 10.2 Å². The molecule has 3 aromatic rings. The van der Waals surface area contributed by atoms with Crippen molar-refractivity contribution < 1.29 is 9.18 Å². The number of halogens is 1. The maximum atomic E-state index is 12.9. The molecule has 0 saturated heterocycles. The largest absolute Gasteiger partial charge is 0.351 e. The topological polar surface area (TPSA) is 74.8 Å². The second kappa shape index (κ2) is 7.82. The number of nitrogens with zero attached hydrogens (tertiary/aromatic N) is 1. The quantitative estimate of drug-likeness (QED) is 0.506. The van der Waals surface area contributed by atoms with Crippen LogP contribution in [0.5, 0.6) is 0 Å². The van der Waals surface area contributed by atoms with E-state index in [1.807, 2.05) is 0 Å². The lowest BCUT2D eigenvalue weighted by atomic mass is 9.97. The molecule has 0 aliphatic heterocycles. The van der Waals surface area contributed by atoms with E-state index in [0.29, 0.717) is 11.7 Å². The van der Waals surface area contributed by atoms with Crippen molar-refractivity contribution in [3.8, 4) is 0 Å². The fourth-order valence-corrected chi connectivity index (χ4v) is 5.21. The Morgan fingerprint density at radius 2 is 2.04 bits per heavy atom. The Bertz CT molecular complexity index is 1040. The van der Waals surface area contributed by atoms with Gasteiger partial charge in [0.25, 0.3) is 5.56 Å². The first-order chi connectivity index (χ1) is 13.1. The molecule has 0 unspecified atom stereocenters. The van der Waals surface area contributed by atoms with Crippen LogP contribution in [0.4, 0.5) is 4.39 Å². The summed E-state index contributed by atoms with van der Waals surface area (Å²) in [4.78, 5) is 33.9. The number of carbonyl (C=O) groups is 1. The van der Waals surface area contributed by atoms with Gasteiger partial charge in [0.1, 0.15) is 10.6 Å². The molecular weight excluding hydrogens is 385 g/mol. The first kappa shape index (κ1) is 18.2. The number of hydrogen-bond donors (Lipinski definition) is 2. The third-order valence-electron chi connectivity index (χ3n) is 4.55. The van der Waals surface area contributed by atoms with E-state index in [9.17, 15) is 14.0 Å². The minimum Gasteiger partial charge on any atom is -0.351 e. The van der Waals surface area contributed by atoms with Crippen molar-refractivity contribution in [2.45, 2.75) is 37.4 Å². The summed E-state index contributed by atoms with van der Waals surface area (Å²) in [5.41, 5.74) is 1.86. The summed E-state index contributed by atoms with van der Waals surface area (Å²) in [7, 11) is 0. The molecule has 0 saturated carbocycles. The second-order valence-corrected chi connectivity index (χ2v) is 8.50. The molecule has 0 bridgehead atoms. The van der Waals surface area contributed by atoms with Crippen LogP contribution in [0.1, 0.15) is 28.8 Å². The highest BCUT2D eigenvalue weighted by molar-refractivity contribution is 7.99. The maximum Gasteiger partial charge on any atom is 0.260 e. The molecule has 0 atom stereocenters. The molecule has 1 aliphatic carbocycles. The highest BCUT2D eigenvalue weighted by Gasteiger charge is 2.20. The molecule has 2 aromatic heterocycles. The number of fused-ring (bicyclic) bond motifs is 3. The SMILES string of the molecule is O=C(CSc1nc2sc3c(c2c(=O)[nH]1)CCCC3)NCc1ccc(F)cc1. The van der Waals surface area contributed by atoms with E-state index in [0.717, 1.165) is 47.0 Å². The number of rotatable bonds is 5. The van der Waals surface area contributed by atoms with Crippen molar-refractivity contribution in [3.05, 3.63) is 56.4 Å². The third kappa shape index (κ3) is 4.06. The van der Waals surface area contributed by atoms with Crippen molar-refractivity contribution in [3.63, 3.8) is 0 Å².